The van der Waals surface area contributed by atoms with Crippen LogP contribution in [0.25, 0.3) is 0 Å². The number of nitrogens with one attached hydrogen (secondary N) is 1. The molecule has 0 aliphatic carbocycles. The minimum Gasteiger partial charge on any atom is -0.385 e. The van der Waals surface area contributed by atoms with E-state index in [1.165, 1.54) is 12.8 Å². The third-order valence-electron chi connectivity index (χ3n) is 1.41. The molecule has 0 heterocycles. The van der Waals surface area contributed by atoms with Crippen LogP contribution >= 0.6 is 0 Å². The molecule has 1 N–H and O–H groups in total. The lowest BCUT2D eigenvalue weighted by Gasteiger charge is -2.01. The molecule has 0 aliphatic rings. The summed E-state index contributed by atoms with van der Waals surface area (Å²) in [5.41, 5.74) is 0. The van der Waals surface area contributed by atoms with E-state index in [2.05, 4.69) is 12.2 Å². The third-order valence-corrected chi connectivity index (χ3v) is 1.41. The van der Waals surface area contributed by atoms with Gasteiger partial charge in [0, 0.05) is 13.7 Å². The SMILES string of the molecule is CCCCNCCCOC. The minimum absolute atomic E-state index is 0.874. The van der Waals surface area contributed by atoms with Crippen molar-refractivity contribution in [1.82, 2.24) is 5.32 Å². The van der Waals surface area contributed by atoms with E-state index in [9.17, 15) is 0 Å². The third kappa shape index (κ3) is 7.92. The molecule has 0 spiro atoms. The van der Waals surface area contributed by atoms with Crippen LogP contribution in [0.2, 0.25) is 0 Å². The highest BCUT2D eigenvalue weighted by atomic mass is 16.5. The standard InChI is InChI=1S/C8H19NO/c1-3-4-6-9-7-5-8-10-2/h9H,3-8H2,1-2H3. The lowest BCUT2D eigenvalue weighted by molar-refractivity contribution is 0.194. The smallest absolute Gasteiger partial charge is 0.0474 e. The molecule has 0 bridgehead atoms. The Morgan fingerprint density at radius 1 is 1.20 bits per heavy atom. The largest absolute Gasteiger partial charge is 0.385 e. The highest BCUT2D eigenvalue weighted by molar-refractivity contribution is 4.45. The first-order chi connectivity index (χ1) is 4.91. The van der Waals surface area contributed by atoms with Crippen LogP contribution in [0.1, 0.15) is 26.2 Å². The van der Waals surface area contributed by atoms with Gasteiger partial charge < -0.3 is 10.1 Å². The topological polar surface area (TPSA) is 21.3 Å². The van der Waals surface area contributed by atoms with Crippen molar-refractivity contribution in [2.45, 2.75) is 26.2 Å². The molecule has 62 valence electrons. The number of hydrogen-bond donors (Lipinski definition) is 1. The Bertz CT molecular complexity index is 49.2. The summed E-state index contributed by atoms with van der Waals surface area (Å²) in [7, 11) is 1.74. The molecule has 0 aromatic carbocycles. The lowest BCUT2D eigenvalue weighted by atomic mass is 10.3. The Balaban J connectivity index is 2.65. The van der Waals surface area contributed by atoms with E-state index < -0.39 is 0 Å². The molecule has 0 aliphatic heterocycles. The maximum atomic E-state index is 4.91. The van der Waals surface area contributed by atoms with Gasteiger partial charge in [-0.05, 0) is 25.9 Å². The van der Waals surface area contributed by atoms with Crippen LogP contribution in [0, 0.1) is 0 Å². The van der Waals surface area contributed by atoms with Crippen molar-refractivity contribution >= 4 is 0 Å². The van der Waals surface area contributed by atoms with Gasteiger partial charge >= 0.3 is 0 Å². The van der Waals surface area contributed by atoms with Gasteiger partial charge in [-0.15, -0.1) is 0 Å². The molecule has 0 rings (SSSR count). The van der Waals surface area contributed by atoms with Gasteiger partial charge in [-0.1, -0.05) is 13.3 Å². The second-order valence-electron chi connectivity index (χ2n) is 2.45. The minimum atomic E-state index is 0.874. The van der Waals surface area contributed by atoms with Crippen molar-refractivity contribution < 1.29 is 4.74 Å². The molecule has 0 radical (unpaired) electrons. The summed E-state index contributed by atoms with van der Waals surface area (Å²) >= 11 is 0. The fourth-order valence-electron chi connectivity index (χ4n) is 0.768. The summed E-state index contributed by atoms with van der Waals surface area (Å²) in [5, 5.41) is 3.34. The zero-order valence-corrected chi connectivity index (χ0v) is 7.15. The van der Waals surface area contributed by atoms with E-state index in [1.807, 2.05) is 0 Å². The van der Waals surface area contributed by atoms with E-state index in [1.54, 1.807) is 7.11 Å². The van der Waals surface area contributed by atoms with Crippen molar-refractivity contribution in [3.05, 3.63) is 0 Å². The molecule has 2 nitrogen and oxygen atoms in total. The highest BCUT2D eigenvalue weighted by Crippen LogP contribution is 1.83. The first kappa shape index (κ1) is 9.92. The molecule has 2 heteroatoms. The maximum Gasteiger partial charge on any atom is 0.0474 e. The molecular weight excluding hydrogens is 126 g/mol. The second kappa shape index (κ2) is 8.92. The summed E-state index contributed by atoms with van der Waals surface area (Å²) < 4.78 is 4.91. The Kier molecular flexibility index (Phi) is 8.85. The Morgan fingerprint density at radius 3 is 2.50 bits per heavy atom. The molecular formula is C8H19NO. The average molecular weight is 145 g/mol. The fraction of sp³-hybridized carbons (Fsp3) is 1.00. The van der Waals surface area contributed by atoms with Crippen LogP contribution in [0.3, 0.4) is 0 Å². The normalized spacial score (nSPS) is 10.2. The van der Waals surface area contributed by atoms with Crippen LogP contribution in [0.5, 0.6) is 0 Å². The number of methoxy groups -OCH3 is 1. The van der Waals surface area contributed by atoms with Crippen LogP contribution in [-0.4, -0.2) is 26.8 Å². The first-order valence-electron chi connectivity index (χ1n) is 4.11. The van der Waals surface area contributed by atoms with Gasteiger partial charge in [0.2, 0.25) is 0 Å². The van der Waals surface area contributed by atoms with E-state index in [4.69, 9.17) is 4.74 Å². The average Bonchev–Trinajstić information content (AvgIpc) is 1.97. The second-order valence-corrected chi connectivity index (χ2v) is 2.45. The molecule has 0 aromatic rings. The predicted molar refractivity (Wildman–Crippen MR) is 44.3 cm³/mol. The Labute approximate surface area is 64.0 Å². The zero-order valence-electron chi connectivity index (χ0n) is 7.15. The molecule has 0 atom stereocenters. The zero-order chi connectivity index (χ0) is 7.66. The lowest BCUT2D eigenvalue weighted by Crippen LogP contribution is -2.17. The van der Waals surface area contributed by atoms with Crippen molar-refractivity contribution in [2.24, 2.45) is 0 Å². The van der Waals surface area contributed by atoms with E-state index in [0.717, 1.165) is 26.1 Å². The predicted octanol–water partition coefficient (Wildman–Crippen LogP) is 1.41. The summed E-state index contributed by atoms with van der Waals surface area (Å²) in [6, 6.07) is 0. The van der Waals surface area contributed by atoms with Gasteiger partial charge in [0.1, 0.15) is 0 Å². The number of ether oxygens (including phenoxy) is 1. The number of hydrogen-bond acceptors (Lipinski definition) is 2. The van der Waals surface area contributed by atoms with E-state index >= 15 is 0 Å². The monoisotopic (exact) mass is 145 g/mol. The summed E-state index contributed by atoms with van der Waals surface area (Å²) in [6.45, 7) is 5.32. The van der Waals surface area contributed by atoms with Crippen molar-refractivity contribution in [1.29, 1.82) is 0 Å². The molecule has 0 unspecified atom stereocenters. The van der Waals surface area contributed by atoms with Gasteiger partial charge in [-0.3, -0.25) is 0 Å². The van der Waals surface area contributed by atoms with Crippen LogP contribution < -0.4 is 5.32 Å². The molecule has 0 aromatic heterocycles. The Hall–Kier alpha value is -0.0800. The van der Waals surface area contributed by atoms with Gasteiger partial charge in [-0.25, -0.2) is 0 Å². The molecule has 10 heavy (non-hydrogen) atoms. The highest BCUT2D eigenvalue weighted by Gasteiger charge is 1.85. The molecule has 0 amide bonds. The Morgan fingerprint density at radius 2 is 1.90 bits per heavy atom. The quantitative estimate of drug-likeness (QED) is 0.547. The molecule has 0 saturated heterocycles. The van der Waals surface area contributed by atoms with Gasteiger partial charge in [-0.2, -0.15) is 0 Å². The summed E-state index contributed by atoms with van der Waals surface area (Å²) in [6.07, 6.45) is 3.68. The van der Waals surface area contributed by atoms with Crippen LogP contribution in [-0.2, 0) is 4.74 Å². The van der Waals surface area contributed by atoms with Crippen LogP contribution in [0.15, 0.2) is 0 Å². The van der Waals surface area contributed by atoms with E-state index in [0.29, 0.717) is 0 Å². The summed E-state index contributed by atoms with van der Waals surface area (Å²) in [5.74, 6) is 0. The van der Waals surface area contributed by atoms with Crippen molar-refractivity contribution in [2.75, 3.05) is 26.8 Å². The number of unbranched alkanes of at least 4 members (excludes halogenated alkanes) is 1. The number of rotatable bonds is 7. The van der Waals surface area contributed by atoms with Gasteiger partial charge in [0.15, 0.2) is 0 Å². The fourth-order valence-corrected chi connectivity index (χ4v) is 0.768. The molecule has 0 saturated carbocycles. The van der Waals surface area contributed by atoms with Gasteiger partial charge in [0.05, 0.1) is 0 Å². The summed E-state index contributed by atoms with van der Waals surface area (Å²) in [4.78, 5) is 0. The van der Waals surface area contributed by atoms with Crippen LogP contribution in [0.4, 0.5) is 0 Å². The van der Waals surface area contributed by atoms with Crippen molar-refractivity contribution in [3.8, 4) is 0 Å². The molecule has 0 fully saturated rings. The van der Waals surface area contributed by atoms with Crippen molar-refractivity contribution in [3.63, 3.8) is 0 Å². The van der Waals surface area contributed by atoms with Gasteiger partial charge in [0.25, 0.3) is 0 Å². The first-order valence-corrected chi connectivity index (χ1v) is 4.11. The van der Waals surface area contributed by atoms with E-state index in [-0.39, 0.29) is 0 Å². The maximum absolute atomic E-state index is 4.91.